The fourth-order valence-corrected chi connectivity index (χ4v) is 2.59. The molecule has 0 amide bonds. The molecule has 0 saturated carbocycles. The van der Waals surface area contributed by atoms with Crippen LogP contribution < -0.4 is 0 Å². The highest BCUT2D eigenvalue weighted by Crippen LogP contribution is 2.26. The minimum absolute atomic E-state index is 0.0836. The molecule has 2 atom stereocenters. The van der Waals surface area contributed by atoms with Gasteiger partial charge in [0.25, 0.3) is 0 Å². The highest BCUT2D eigenvalue weighted by Gasteiger charge is 2.30. The van der Waals surface area contributed by atoms with Gasteiger partial charge in [-0.25, -0.2) is 4.39 Å². The summed E-state index contributed by atoms with van der Waals surface area (Å²) in [6.07, 6.45) is 1.02. The third-order valence-corrected chi connectivity index (χ3v) is 3.76. The average molecular weight is 248 g/mol. The van der Waals surface area contributed by atoms with Crippen molar-refractivity contribution >= 4 is 0 Å². The maximum Gasteiger partial charge on any atom is 0.145 e. The Morgan fingerprint density at radius 2 is 2.33 bits per heavy atom. The molecule has 0 spiro atoms. The molecule has 1 aliphatic rings. The van der Waals surface area contributed by atoms with Crippen molar-refractivity contribution in [1.29, 1.82) is 5.26 Å². The van der Waals surface area contributed by atoms with Gasteiger partial charge in [-0.05, 0) is 24.9 Å². The summed E-state index contributed by atoms with van der Waals surface area (Å²) >= 11 is 0. The van der Waals surface area contributed by atoms with E-state index in [-0.39, 0.29) is 18.2 Å². The molecule has 0 aromatic heterocycles. The topological polar surface area (TPSA) is 47.3 Å². The number of aliphatic hydroxyl groups is 1. The third kappa shape index (κ3) is 2.38. The fourth-order valence-electron chi connectivity index (χ4n) is 2.59. The molecule has 96 valence electrons. The second kappa shape index (κ2) is 5.47. The van der Waals surface area contributed by atoms with Gasteiger partial charge in [0.2, 0.25) is 0 Å². The third-order valence-electron chi connectivity index (χ3n) is 3.76. The van der Waals surface area contributed by atoms with Crippen molar-refractivity contribution in [1.82, 2.24) is 4.90 Å². The predicted octanol–water partition coefficient (Wildman–Crippen LogP) is 1.90. The second-order valence-electron chi connectivity index (χ2n) is 4.88. The lowest BCUT2D eigenvalue weighted by atomic mass is 10.0. The first kappa shape index (κ1) is 13.0. The van der Waals surface area contributed by atoms with E-state index in [1.165, 1.54) is 6.07 Å². The molecule has 0 aliphatic carbocycles. The SMILES string of the molecule is CC1CCN(Cc2cccc(C#N)c2F)C1CO. The van der Waals surface area contributed by atoms with Gasteiger partial charge in [-0.3, -0.25) is 4.90 Å². The van der Waals surface area contributed by atoms with Crippen molar-refractivity contribution in [2.45, 2.75) is 25.9 Å². The van der Waals surface area contributed by atoms with E-state index in [0.29, 0.717) is 18.0 Å². The van der Waals surface area contributed by atoms with Crippen LogP contribution in [0.5, 0.6) is 0 Å². The molecule has 1 aromatic rings. The van der Waals surface area contributed by atoms with Crippen LogP contribution in [0, 0.1) is 23.1 Å². The molecule has 1 heterocycles. The van der Waals surface area contributed by atoms with E-state index in [0.717, 1.165) is 13.0 Å². The van der Waals surface area contributed by atoms with Gasteiger partial charge in [0.05, 0.1) is 12.2 Å². The summed E-state index contributed by atoms with van der Waals surface area (Å²) in [4.78, 5) is 2.09. The zero-order valence-corrected chi connectivity index (χ0v) is 10.4. The van der Waals surface area contributed by atoms with Crippen molar-refractivity contribution in [3.63, 3.8) is 0 Å². The Morgan fingerprint density at radius 3 is 3.00 bits per heavy atom. The summed E-state index contributed by atoms with van der Waals surface area (Å²) in [6.45, 7) is 3.52. The van der Waals surface area contributed by atoms with Crippen LogP contribution in [0.25, 0.3) is 0 Å². The zero-order valence-electron chi connectivity index (χ0n) is 10.4. The summed E-state index contributed by atoms with van der Waals surface area (Å²) in [6, 6.07) is 6.83. The first-order valence-electron chi connectivity index (χ1n) is 6.19. The number of likely N-dealkylation sites (tertiary alicyclic amines) is 1. The fraction of sp³-hybridized carbons (Fsp3) is 0.500. The maximum atomic E-state index is 13.9. The molecule has 4 heteroatoms. The van der Waals surface area contributed by atoms with E-state index in [4.69, 9.17) is 5.26 Å². The predicted molar refractivity (Wildman–Crippen MR) is 66.2 cm³/mol. The molecule has 2 unspecified atom stereocenters. The quantitative estimate of drug-likeness (QED) is 0.888. The van der Waals surface area contributed by atoms with E-state index in [1.54, 1.807) is 12.1 Å². The molecule has 18 heavy (non-hydrogen) atoms. The number of hydrogen-bond acceptors (Lipinski definition) is 3. The van der Waals surface area contributed by atoms with Gasteiger partial charge in [-0.2, -0.15) is 5.26 Å². The highest BCUT2D eigenvalue weighted by atomic mass is 19.1. The van der Waals surface area contributed by atoms with E-state index in [1.807, 2.05) is 6.07 Å². The number of halogens is 1. The Bertz CT molecular complexity index is 469. The molecule has 0 radical (unpaired) electrons. The molecule has 1 aromatic carbocycles. The normalized spacial score (nSPS) is 24.1. The molecule has 1 fully saturated rings. The summed E-state index contributed by atoms with van der Waals surface area (Å²) in [7, 11) is 0. The number of nitriles is 1. The van der Waals surface area contributed by atoms with Crippen molar-refractivity contribution in [2.75, 3.05) is 13.2 Å². The summed E-state index contributed by atoms with van der Waals surface area (Å²) in [5.74, 6) is -0.00606. The first-order chi connectivity index (χ1) is 8.67. The van der Waals surface area contributed by atoms with Crippen LogP contribution in [0.1, 0.15) is 24.5 Å². The largest absolute Gasteiger partial charge is 0.395 e. The monoisotopic (exact) mass is 248 g/mol. The van der Waals surface area contributed by atoms with E-state index >= 15 is 0 Å². The smallest absolute Gasteiger partial charge is 0.145 e. The Hall–Kier alpha value is -1.44. The maximum absolute atomic E-state index is 13.9. The zero-order chi connectivity index (χ0) is 13.1. The van der Waals surface area contributed by atoms with Gasteiger partial charge in [-0.1, -0.05) is 19.1 Å². The van der Waals surface area contributed by atoms with Crippen molar-refractivity contribution < 1.29 is 9.50 Å². The lowest BCUT2D eigenvalue weighted by Gasteiger charge is -2.25. The summed E-state index contributed by atoms with van der Waals surface area (Å²) in [5, 5.41) is 18.2. The van der Waals surface area contributed by atoms with Crippen molar-refractivity contribution in [3.05, 3.63) is 35.1 Å². The van der Waals surface area contributed by atoms with Gasteiger partial charge < -0.3 is 5.11 Å². The molecular formula is C14H17FN2O. The van der Waals surface area contributed by atoms with Gasteiger partial charge >= 0.3 is 0 Å². The minimum atomic E-state index is -0.434. The van der Waals surface area contributed by atoms with Crippen LogP contribution in [0.4, 0.5) is 4.39 Å². The van der Waals surface area contributed by atoms with Gasteiger partial charge in [-0.15, -0.1) is 0 Å². The molecule has 1 aliphatic heterocycles. The van der Waals surface area contributed by atoms with E-state index < -0.39 is 5.82 Å². The molecule has 1 N–H and O–H groups in total. The minimum Gasteiger partial charge on any atom is -0.395 e. The van der Waals surface area contributed by atoms with Crippen LogP contribution in [0.2, 0.25) is 0 Å². The molecule has 3 nitrogen and oxygen atoms in total. The lowest BCUT2D eigenvalue weighted by Crippen LogP contribution is -2.34. The van der Waals surface area contributed by atoms with Crippen LogP contribution in [0.3, 0.4) is 0 Å². The van der Waals surface area contributed by atoms with Crippen LogP contribution >= 0.6 is 0 Å². The number of hydrogen-bond donors (Lipinski definition) is 1. The second-order valence-corrected chi connectivity index (χ2v) is 4.88. The Morgan fingerprint density at radius 1 is 1.56 bits per heavy atom. The van der Waals surface area contributed by atoms with Gasteiger partial charge in [0.15, 0.2) is 0 Å². The van der Waals surface area contributed by atoms with Gasteiger partial charge in [0, 0.05) is 18.2 Å². The summed E-state index contributed by atoms with van der Waals surface area (Å²) < 4.78 is 13.9. The molecule has 2 rings (SSSR count). The van der Waals surface area contributed by atoms with Gasteiger partial charge in [0.1, 0.15) is 11.9 Å². The van der Waals surface area contributed by atoms with Crippen molar-refractivity contribution in [2.24, 2.45) is 5.92 Å². The molecular weight excluding hydrogens is 231 g/mol. The van der Waals surface area contributed by atoms with E-state index in [2.05, 4.69) is 11.8 Å². The Balaban J connectivity index is 2.18. The number of aliphatic hydroxyl groups excluding tert-OH is 1. The van der Waals surface area contributed by atoms with Crippen LogP contribution in [0.15, 0.2) is 18.2 Å². The van der Waals surface area contributed by atoms with Crippen molar-refractivity contribution in [3.8, 4) is 6.07 Å². The standard InChI is InChI=1S/C14H17FN2O/c1-10-5-6-17(13(10)9-18)8-12-4-2-3-11(7-16)14(12)15/h2-4,10,13,18H,5-6,8-9H2,1H3. The number of benzene rings is 1. The number of rotatable bonds is 3. The summed E-state index contributed by atoms with van der Waals surface area (Å²) in [5.41, 5.74) is 0.613. The molecule has 1 saturated heterocycles. The van der Waals surface area contributed by atoms with E-state index in [9.17, 15) is 9.50 Å². The van der Waals surface area contributed by atoms with Crippen LogP contribution in [-0.4, -0.2) is 29.2 Å². The van der Waals surface area contributed by atoms with Crippen LogP contribution in [-0.2, 0) is 6.54 Å². The Kier molecular flexibility index (Phi) is 3.95. The highest BCUT2D eigenvalue weighted by molar-refractivity contribution is 5.35. The first-order valence-corrected chi connectivity index (χ1v) is 6.19. The Labute approximate surface area is 106 Å². The number of nitrogens with zero attached hydrogens (tertiary/aromatic N) is 2. The molecule has 0 bridgehead atoms. The average Bonchev–Trinajstić information content (AvgIpc) is 2.72. The lowest BCUT2D eigenvalue weighted by molar-refractivity contribution is 0.133.